The molecule has 0 aliphatic heterocycles. The van der Waals surface area contributed by atoms with Crippen molar-refractivity contribution in [1.82, 2.24) is 37.2 Å². The third-order valence-electron chi connectivity index (χ3n) is 8.44. The Balaban J connectivity index is 5.19. The third-order valence-corrected chi connectivity index (χ3v) is 8.44. The average molecular weight is 684 g/mol. The quantitative estimate of drug-likeness (QED) is 0.0450. The molecule has 0 fully saturated rings. The van der Waals surface area contributed by atoms with E-state index < -0.39 is 42.1 Å². The molecule has 14 nitrogen and oxygen atoms in total. The number of aliphatic hydroxyl groups is 1. The van der Waals surface area contributed by atoms with Crippen LogP contribution in [-0.4, -0.2) is 120 Å². The molecule has 278 valence electrons. The number of carbonyl (C=O) groups excluding carboxylic acids is 6. The molecule has 0 aliphatic carbocycles. The van der Waals surface area contributed by atoms with Crippen molar-refractivity contribution < 1.29 is 33.9 Å². The second-order valence-electron chi connectivity index (χ2n) is 12.7. The van der Waals surface area contributed by atoms with Crippen molar-refractivity contribution in [3.05, 3.63) is 0 Å². The second kappa shape index (κ2) is 28.1. The molecule has 0 spiro atoms. The summed E-state index contributed by atoms with van der Waals surface area (Å²) in [5, 5.41) is 30.0. The number of nitrogens with one attached hydrogen (secondary N) is 7. The number of hydrogen-bond donors (Lipinski definition) is 8. The van der Waals surface area contributed by atoms with Gasteiger partial charge in [0.25, 0.3) is 0 Å². The number of ketones is 3. The van der Waals surface area contributed by atoms with Crippen LogP contribution in [0.25, 0.3) is 0 Å². The normalized spacial score (nSPS) is 13.8. The molecule has 0 heterocycles. The van der Waals surface area contributed by atoms with Gasteiger partial charge in [-0.2, -0.15) is 0 Å². The molecule has 14 heteroatoms. The maximum absolute atomic E-state index is 13.3. The minimum absolute atomic E-state index is 0.00388. The van der Waals surface area contributed by atoms with Crippen molar-refractivity contribution in [2.75, 3.05) is 67.5 Å². The van der Waals surface area contributed by atoms with E-state index in [1.807, 2.05) is 14.1 Å². The number of likely N-dealkylation sites (N-methyl/N-ethyl adjacent to an activating group) is 2. The highest BCUT2D eigenvalue weighted by molar-refractivity contribution is 5.94. The van der Waals surface area contributed by atoms with E-state index in [2.05, 4.69) is 37.2 Å². The topological polar surface area (TPSA) is 207 Å². The Morgan fingerprint density at radius 2 is 1.06 bits per heavy atom. The van der Waals surface area contributed by atoms with Crippen LogP contribution in [0.3, 0.4) is 0 Å². The highest BCUT2D eigenvalue weighted by Gasteiger charge is 2.27. The van der Waals surface area contributed by atoms with Crippen LogP contribution in [0.15, 0.2) is 0 Å². The number of hydrogen-bond acceptors (Lipinski definition) is 11. The summed E-state index contributed by atoms with van der Waals surface area (Å²) in [7, 11) is 7.26. The minimum Gasteiger partial charge on any atom is -0.396 e. The Bertz CT molecular complexity index is 964. The minimum atomic E-state index is -1.04. The summed E-state index contributed by atoms with van der Waals surface area (Å²) < 4.78 is 0. The Labute approximate surface area is 287 Å². The molecule has 4 unspecified atom stereocenters. The summed E-state index contributed by atoms with van der Waals surface area (Å²) in [5.74, 6) is -3.79. The van der Waals surface area contributed by atoms with Gasteiger partial charge < -0.3 is 42.3 Å². The predicted octanol–water partition coefficient (Wildman–Crippen LogP) is -0.171. The van der Waals surface area contributed by atoms with E-state index in [0.29, 0.717) is 32.2 Å². The summed E-state index contributed by atoms with van der Waals surface area (Å²) in [6.07, 6.45) is 6.34. The monoisotopic (exact) mass is 683 g/mol. The average Bonchev–Trinajstić information content (AvgIpc) is 3.07. The van der Waals surface area contributed by atoms with Crippen LogP contribution in [0.5, 0.6) is 0 Å². The fraction of sp³-hybridized carbons (Fsp3) is 0.824. The summed E-state index contributed by atoms with van der Waals surface area (Å²) in [5.41, 5.74) is 0. The van der Waals surface area contributed by atoms with E-state index in [1.165, 1.54) is 0 Å². The first-order valence-electron chi connectivity index (χ1n) is 17.6. The lowest BCUT2D eigenvalue weighted by molar-refractivity contribution is -0.133. The number of aliphatic hydroxyl groups excluding tert-OH is 1. The summed E-state index contributed by atoms with van der Waals surface area (Å²) >= 11 is 0. The Kier molecular flexibility index (Phi) is 26.5. The lowest BCUT2D eigenvalue weighted by Crippen LogP contribution is -2.43. The predicted molar refractivity (Wildman–Crippen MR) is 187 cm³/mol. The molecule has 0 aromatic rings. The highest BCUT2D eigenvalue weighted by atomic mass is 16.3. The molecule has 0 bridgehead atoms. The van der Waals surface area contributed by atoms with Crippen LogP contribution in [-0.2, 0) is 28.8 Å². The van der Waals surface area contributed by atoms with Crippen molar-refractivity contribution in [2.45, 2.75) is 96.6 Å². The maximum Gasteiger partial charge on any atom is 0.237 e. The number of rotatable bonds is 31. The second-order valence-corrected chi connectivity index (χ2v) is 12.7. The highest BCUT2D eigenvalue weighted by Crippen LogP contribution is 2.17. The van der Waals surface area contributed by atoms with E-state index in [9.17, 15) is 33.9 Å². The van der Waals surface area contributed by atoms with Crippen LogP contribution in [0.4, 0.5) is 0 Å². The fourth-order valence-electron chi connectivity index (χ4n) is 5.17. The molecule has 0 rings (SSSR count). The first-order valence-corrected chi connectivity index (χ1v) is 17.6. The van der Waals surface area contributed by atoms with E-state index in [-0.39, 0.29) is 55.4 Å². The first kappa shape index (κ1) is 45.2. The van der Waals surface area contributed by atoms with Gasteiger partial charge >= 0.3 is 0 Å². The van der Waals surface area contributed by atoms with E-state index in [4.69, 9.17) is 0 Å². The molecular weight excluding hydrogens is 618 g/mol. The molecule has 0 radical (unpaired) electrons. The molecule has 0 aromatic carbocycles. The zero-order chi connectivity index (χ0) is 36.3. The lowest BCUT2D eigenvalue weighted by atomic mass is 9.91. The largest absolute Gasteiger partial charge is 0.396 e. The molecular formula is C34H65N7O7. The molecule has 0 saturated heterocycles. The molecule has 3 amide bonds. The number of unbranched alkanes of at least 4 members (excludes halogenated alkanes) is 3. The van der Waals surface area contributed by atoms with Gasteiger partial charge in [-0.25, -0.2) is 0 Å². The van der Waals surface area contributed by atoms with Crippen LogP contribution in [0, 0.1) is 17.8 Å². The van der Waals surface area contributed by atoms with Crippen molar-refractivity contribution in [1.29, 1.82) is 0 Å². The maximum atomic E-state index is 13.3. The molecule has 0 aromatic heterocycles. The zero-order valence-electron chi connectivity index (χ0n) is 30.3. The smallest absolute Gasteiger partial charge is 0.237 e. The fourth-order valence-corrected chi connectivity index (χ4v) is 5.17. The van der Waals surface area contributed by atoms with Crippen molar-refractivity contribution in [3.63, 3.8) is 0 Å². The molecule has 0 saturated carbocycles. The van der Waals surface area contributed by atoms with Gasteiger partial charge in [-0.3, -0.25) is 28.8 Å². The van der Waals surface area contributed by atoms with Crippen LogP contribution >= 0.6 is 0 Å². The molecule has 8 N–H and O–H groups in total. The summed E-state index contributed by atoms with van der Waals surface area (Å²) in [4.78, 5) is 76.0. The number of carbonyl (C=O) groups is 6. The Morgan fingerprint density at radius 3 is 1.60 bits per heavy atom. The van der Waals surface area contributed by atoms with Gasteiger partial charge in [0.15, 0.2) is 17.3 Å². The Morgan fingerprint density at radius 1 is 0.542 bits per heavy atom. The van der Waals surface area contributed by atoms with E-state index in [1.54, 1.807) is 27.9 Å². The summed E-state index contributed by atoms with van der Waals surface area (Å²) in [6.45, 7) is 4.48. The van der Waals surface area contributed by atoms with Gasteiger partial charge in [-0.15, -0.1) is 0 Å². The SMILES string of the molecule is CNCCCCC(NC)C(=O)CC(CCCCNC(=O)C(CCCCNC)NC)C(=O)NCC(=O)CC(CO)C(=O)NCC(=O)C(C)C. The van der Waals surface area contributed by atoms with Crippen molar-refractivity contribution in [3.8, 4) is 0 Å². The number of amides is 3. The van der Waals surface area contributed by atoms with Gasteiger partial charge in [0.1, 0.15) is 0 Å². The molecule has 48 heavy (non-hydrogen) atoms. The van der Waals surface area contributed by atoms with Crippen LogP contribution in [0.1, 0.15) is 84.5 Å². The van der Waals surface area contributed by atoms with Gasteiger partial charge in [0.2, 0.25) is 17.7 Å². The Hall–Kier alpha value is -2.78. The van der Waals surface area contributed by atoms with Crippen LogP contribution in [0.2, 0.25) is 0 Å². The molecule has 0 aliphatic rings. The standard InChI is InChI=1S/C34H65N7O7/c1-24(2)31(45)22-41-33(47)26(23-42)19-27(43)21-40-32(46)25(20-30(44)28(37-5)14-8-10-16-35-3)13-7-12-18-39-34(48)29(38-6)15-9-11-17-36-4/h24-26,28-29,35-38,42H,7-23H2,1-6H3,(H,39,48)(H,40,46)(H,41,47). The lowest BCUT2D eigenvalue weighted by Gasteiger charge is -2.21. The van der Waals surface area contributed by atoms with Crippen LogP contribution < -0.4 is 37.2 Å². The van der Waals surface area contributed by atoms with Crippen molar-refractivity contribution in [2.24, 2.45) is 17.8 Å². The first-order chi connectivity index (χ1) is 22.9. The zero-order valence-corrected chi connectivity index (χ0v) is 30.3. The van der Waals surface area contributed by atoms with E-state index in [0.717, 1.165) is 45.2 Å². The van der Waals surface area contributed by atoms with Gasteiger partial charge in [-0.1, -0.05) is 33.1 Å². The van der Waals surface area contributed by atoms with Gasteiger partial charge in [-0.05, 0) is 79.8 Å². The number of Topliss-reactive ketones (excluding diaryl/α,β-unsaturated/α-hetero) is 3. The molecule has 4 atom stereocenters. The third kappa shape index (κ3) is 20.6. The van der Waals surface area contributed by atoms with E-state index >= 15 is 0 Å². The van der Waals surface area contributed by atoms with Crippen molar-refractivity contribution >= 4 is 35.1 Å². The summed E-state index contributed by atoms with van der Waals surface area (Å²) in [6, 6.07) is -0.669. The van der Waals surface area contributed by atoms with Gasteiger partial charge in [0, 0.05) is 31.2 Å². The van der Waals surface area contributed by atoms with Gasteiger partial charge in [0.05, 0.1) is 37.7 Å².